The molecule has 160 valence electrons. The topological polar surface area (TPSA) is 89.4 Å². The SMILES string of the molecule is COc1cc(C=NNC(=O)c2ccccc2OCc2ccc(F)cc2)cc(OC)c1O. The number of rotatable bonds is 8. The number of hydrogen-bond acceptors (Lipinski definition) is 6. The molecule has 0 aliphatic heterocycles. The predicted octanol–water partition coefficient (Wildman–Crippen LogP) is 3.89. The fraction of sp³-hybridized carbons (Fsp3) is 0.130. The van der Waals surface area contributed by atoms with Gasteiger partial charge in [-0.25, -0.2) is 9.82 Å². The quantitative estimate of drug-likeness (QED) is 0.423. The molecular weight excluding hydrogens is 403 g/mol. The summed E-state index contributed by atoms with van der Waals surface area (Å²) in [5, 5.41) is 13.9. The van der Waals surface area contributed by atoms with Crippen molar-refractivity contribution in [2.75, 3.05) is 14.2 Å². The van der Waals surface area contributed by atoms with Gasteiger partial charge in [0.15, 0.2) is 11.5 Å². The minimum Gasteiger partial charge on any atom is -0.502 e. The zero-order chi connectivity index (χ0) is 22.2. The number of nitrogens with one attached hydrogen (secondary N) is 1. The highest BCUT2D eigenvalue weighted by Crippen LogP contribution is 2.36. The van der Waals surface area contributed by atoms with Crippen LogP contribution in [0.15, 0.2) is 65.8 Å². The van der Waals surface area contributed by atoms with E-state index in [1.807, 2.05) is 0 Å². The number of phenols is 1. The number of amides is 1. The molecular formula is C23H21FN2O5. The van der Waals surface area contributed by atoms with Crippen molar-refractivity contribution in [3.63, 3.8) is 0 Å². The second-order valence-electron chi connectivity index (χ2n) is 6.38. The van der Waals surface area contributed by atoms with Crippen LogP contribution in [-0.4, -0.2) is 31.4 Å². The number of aromatic hydroxyl groups is 1. The van der Waals surface area contributed by atoms with Crippen molar-refractivity contribution in [3.05, 3.63) is 83.2 Å². The molecule has 0 unspecified atom stereocenters. The average molecular weight is 424 g/mol. The van der Waals surface area contributed by atoms with Gasteiger partial charge < -0.3 is 19.3 Å². The van der Waals surface area contributed by atoms with E-state index < -0.39 is 5.91 Å². The molecule has 3 aromatic carbocycles. The summed E-state index contributed by atoms with van der Waals surface area (Å²) < 4.78 is 28.9. The van der Waals surface area contributed by atoms with E-state index in [4.69, 9.17) is 14.2 Å². The lowest BCUT2D eigenvalue weighted by atomic mass is 10.2. The van der Waals surface area contributed by atoms with Crippen LogP contribution < -0.4 is 19.6 Å². The number of hydrogen-bond donors (Lipinski definition) is 2. The molecule has 1 amide bonds. The molecule has 0 radical (unpaired) electrons. The molecule has 0 aliphatic rings. The van der Waals surface area contributed by atoms with Crippen LogP contribution >= 0.6 is 0 Å². The zero-order valence-electron chi connectivity index (χ0n) is 17.0. The lowest BCUT2D eigenvalue weighted by molar-refractivity contribution is 0.0950. The Bertz CT molecular complexity index is 1060. The molecule has 7 nitrogen and oxygen atoms in total. The van der Waals surface area contributed by atoms with Gasteiger partial charge in [0.05, 0.1) is 26.0 Å². The molecule has 0 aliphatic carbocycles. The van der Waals surface area contributed by atoms with Gasteiger partial charge in [-0.05, 0) is 42.0 Å². The number of carbonyl (C=O) groups is 1. The van der Waals surface area contributed by atoms with Gasteiger partial charge in [-0.2, -0.15) is 5.10 Å². The fourth-order valence-corrected chi connectivity index (χ4v) is 2.74. The summed E-state index contributed by atoms with van der Waals surface area (Å²) in [5.74, 6) is -0.127. The molecule has 8 heteroatoms. The van der Waals surface area contributed by atoms with Gasteiger partial charge in [0.1, 0.15) is 18.2 Å². The van der Waals surface area contributed by atoms with Crippen LogP contribution in [0.3, 0.4) is 0 Å². The standard InChI is InChI=1S/C23H21FN2O5/c1-29-20-11-16(12-21(30-2)22(20)27)13-25-26-23(28)18-5-3-4-6-19(18)31-14-15-7-9-17(24)10-8-15/h3-13,27H,14H2,1-2H3,(H,26,28). The summed E-state index contributed by atoms with van der Waals surface area (Å²) in [7, 11) is 2.83. The highest BCUT2D eigenvalue weighted by Gasteiger charge is 2.13. The Labute approximate surface area is 178 Å². The number of hydrazone groups is 1. The molecule has 3 rings (SSSR count). The lowest BCUT2D eigenvalue weighted by Crippen LogP contribution is -2.18. The molecule has 0 bridgehead atoms. The van der Waals surface area contributed by atoms with Gasteiger partial charge >= 0.3 is 0 Å². The third-order valence-electron chi connectivity index (χ3n) is 4.32. The average Bonchev–Trinajstić information content (AvgIpc) is 2.79. The number of carbonyl (C=O) groups excluding carboxylic acids is 1. The van der Waals surface area contributed by atoms with Crippen molar-refractivity contribution in [1.29, 1.82) is 0 Å². The molecule has 0 saturated carbocycles. The number of halogens is 1. The molecule has 2 N–H and O–H groups in total. The van der Waals surface area contributed by atoms with Crippen molar-refractivity contribution in [3.8, 4) is 23.0 Å². The van der Waals surface area contributed by atoms with E-state index in [1.54, 1.807) is 48.5 Å². The first-order valence-corrected chi connectivity index (χ1v) is 9.26. The Hall–Kier alpha value is -4.07. The number of methoxy groups -OCH3 is 2. The van der Waals surface area contributed by atoms with E-state index in [0.717, 1.165) is 5.56 Å². The number of phenolic OH excluding ortho intramolecular Hbond substituents is 1. The lowest BCUT2D eigenvalue weighted by Gasteiger charge is -2.11. The largest absolute Gasteiger partial charge is 0.502 e. The van der Waals surface area contributed by atoms with E-state index in [1.165, 1.54) is 32.6 Å². The van der Waals surface area contributed by atoms with Crippen LogP contribution in [0.25, 0.3) is 0 Å². The first-order valence-electron chi connectivity index (χ1n) is 9.26. The first kappa shape index (κ1) is 21.6. The van der Waals surface area contributed by atoms with Crippen molar-refractivity contribution >= 4 is 12.1 Å². The van der Waals surface area contributed by atoms with E-state index in [9.17, 15) is 14.3 Å². The number of ether oxygens (including phenoxy) is 3. The summed E-state index contributed by atoms with van der Waals surface area (Å²) in [6.45, 7) is 0.181. The van der Waals surface area contributed by atoms with E-state index >= 15 is 0 Å². The fourth-order valence-electron chi connectivity index (χ4n) is 2.74. The first-order chi connectivity index (χ1) is 15.0. The van der Waals surface area contributed by atoms with Gasteiger partial charge in [0, 0.05) is 5.56 Å². The second-order valence-corrected chi connectivity index (χ2v) is 6.38. The van der Waals surface area contributed by atoms with Crippen LogP contribution in [0.4, 0.5) is 4.39 Å². The molecule has 0 saturated heterocycles. The second kappa shape index (κ2) is 10.1. The Kier molecular flexibility index (Phi) is 7.05. The normalized spacial score (nSPS) is 10.7. The summed E-state index contributed by atoms with van der Waals surface area (Å²) in [5.41, 5.74) is 4.05. The molecule has 0 heterocycles. The van der Waals surface area contributed by atoms with Crippen LogP contribution in [-0.2, 0) is 6.61 Å². The monoisotopic (exact) mass is 424 g/mol. The number of nitrogens with zero attached hydrogens (tertiary/aromatic N) is 1. The summed E-state index contributed by atoms with van der Waals surface area (Å²) in [6, 6.07) is 15.7. The zero-order valence-corrected chi connectivity index (χ0v) is 17.0. The highest BCUT2D eigenvalue weighted by molar-refractivity contribution is 5.97. The summed E-state index contributed by atoms with van der Waals surface area (Å²) in [6.07, 6.45) is 1.39. The van der Waals surface area contributed by atoms with Crippen molar-refractivity contribution < 1.29 is 28.5 Å². The molecule has 0 spiro atoms. The maximum Gasteiger partial charge on any atom is 0.275 e. The van der Waals surface area contributed by atoms with Crippen LogP contribution in [0.5, 0.6) is 23.0 Å². The van der Waals surface area contributed by atoms with Crippen LogP contribution in [0, 0.1) is 5.82 Å². The highest BCUT2D eigenvalue weighted by atomic mass is 19.1. The van der Waals surface area contributed by atoms with Gasteiger partial charge in [-0.3, -0.25) is 4.79 Å². The molecule has 3 aromatic rings. The molecule has 0 aromatic heterocycles. The van der Waals surface area contributed by atoms with Crippen LogP contribution in [0.2, 0.25) is 0 Å². The third-order valence-corrected chi connectivity index (χ3v) is 4.32. The summed E-state index contributed by atoms with van der Waals surface area (Å²) in [4.78, 5) is 12.6. The van der Waals surface area contributed by atoms with E-state index in [2.05, 4.69) is 10.5 Å². The minimum atomic E-state index is -0.469. The predicted molar refractivity (Wildman–Crippen MR) is 113 cm³/mol. The van der Waals surface area contributed by atoms with Gasteiger partial charge in [0.2, 0.25) is 5.75 Å². The number of benzene rings is 3. The van der Waals surface area contributed by atoms with Crippen LogP contribution in [0.1, 0.15) is 21.5 Å². The van der Waals surface area contributed by atoms with Gasteiger partial charge in [-0.1, -0.05) is 24.3 Å². The van der Waals surface area contributed by atoms with Crippen molar-refractivity contribution in [2.24, 2.45) is 5.10 Å². The Balaban J connectivity index is 1.69. The molecule has 31 heavy (non-hydrogen) atoms. The minimum absolute atomic E-state index is 0.126. The van der Waals surface area contributed by atoms with Gasteiger partial charge in [0.25, 0.3) is 5.91 Å². The smallest absolute Gasteiger partial charge is 0.275 e. The Morgan fingerprint density at radius 1 is 1.03 bits per heavy atom. The maximum absolute atomic E-state index is 13.0. The Morgan fingerprint density at radius 3 is 2.32 bits per heavy atom. The Morgan fingerprint density at radius 2 is 1.68 bits per heavy atom. The molecule has 0 atom stereocenters. The van der Waals surface area contributed by atoms with Crippen molar-refractivity contribution in [1.82, 2.24) is 5.43 Å². The maximum atomic E-state index is 13.0. The third kappa shape index (κ3) is 5.51. The number of para-hydroxylation sites is 1. The van der Waals surface area contributed by atoms with Gasteiger partial charge in [-0.15, -0.1) is 0 Å². The van der Waals surface area contributed by atoms with E-state index in [-0.39, 0.29) is 29.7 Å². The summed E-state index contributed by atoms with van der Waals surface area (Å²) >= 11 is 0. The van der Waals surface area contributed by atoms with Crippen molar-refractivity contribution in [2.45, 2.75) is 6.61 Å². The molecule has 0 fully saturated rings. The van der Waals surface area contributed by atoms with E-state index in [0.29, 0.717) is 16.9 Å².